The minimum Gasteiger partial charge on any atom is -0.256 e. The summed E-state index contributed by atoms with van der Waals surface area (Å²) in [7, 11) is 0. The summed E-state index contributed by atoms with van der Waals surface area (Å²) in [4.78, 5) is 9.12. The minimum atomic E-state index is -4.91. The summed E-state index contributed by atoms with van der Waals surface area (Å²) in [5.41, 5.74) is 1.68. The first kappa shape index (κ1) is 25.6. The van der Waals surface area contributed by atoms with E-state index in [1.165, 1.54) is 6.07 Å². The molecule has 0 bridgehead atoms. The maximum atomic E-state index is 13.3. The summed E-state index contributed by atoms with van der Waals surface area (Å²) in [5.74, 6) is 0. The zero-order valence-electron chi connectivity index (χ0n) is 20.6. The maximum Gasteiger partial charge on any atom is 0.416 e. The van der Waals surface area contributed by atoms with Gasteiger partial charge in [0.2, 0.25) is 0 Å². The normalized spacial score (nSPS) is 12.2. The topological polar surface area (TPSA) is 25.8 Å². The molecular formula is C32H18F6N2. The van der Waals surface area contributed by atoms with Crippen LogP contribution in [0.5, 0.6) is 0 Å². The van der Waals surface area contributed by atoms with Crippen LogP contribution in [0, 0.1) is 0 Å². The summed E-state index contributed by atoms with van der Waals surface area (Å²) in [6.45, 7) is 0. The Morgan fingerprint density at radius 1 is 0.475 bits per heavy atom. The van der Waals surface area contributed by atoms with Gasteiger partial charge in [-0.25, -0.2) is 0 Å². The van der Waals surface area contributed by atoms with Crippen LogP contribution >= 0.6 is 0 Å². The second kappa shape index (κ2) is 9.48. The zero-order chi connectivity index (χ0) is 28.1. The molecule has 40 heavy (non-hydrogen) atoms. The highest BCUT2D eigenvalue weighted by Crippen LogP contribution is 2.39. The minimum absolute atomic E-state index is 0.132. The lowest BCUT2D eigenvalue weighted by atomic mass is 9.95. The Labute approximate surface area is 224 Å². The van der Waals surface area contributed by atoms with Crippen molar-refractivity contribution in [3.8, 4) is 33.5 Å². The molecule has 8 heteroatoms. The molecule has 0 aliphatic heterocycles. The molecule has 6 rings (SSSR count). The number of fused-ring (bicyclic) bond motifs is 2. The fraction of sp³-hybridized carbons (Fsp3) is 0.0625. The van der Waals surface area contributed by atoms with Crippen LogP contribution in [-0.2, 0) is 12.4 Å². The molecule has 0 saturated carbocycles. The number of benzene rings is 4. The molecule has 0 aliphatic carbocycles. The van der Waals surface area contributed by atoms with Gasteiger partial charge in [0.05, 0.1) is 22.3 Å². The summed E-state index contributed by atoms with van der Waals surface area (Å²) < 4.78 is 80.0. The van der Waals surface area contributed by atoms with E-state index in [2.05, 4.69) is 9.97 Å². The van der Waals surface area contributed by atoms with E-state index in [-0.39, 0.29) is 17.2 Å². The molecule has 2 heterocycles. The highest BCUT2D eigenvalue weighted by molar-refractivity contribution is 5.93. The molecule has 0 N–H and O–H groups in total. The van der Waals surface area contributed by atoms with E-state index in [4.69, 9.17) is 0 Å². The van der Waals surface area contributed by atoms with E-state index < -0.39 is 23.5 Å². The number of nitrogens with zero attached hydrogens (tertiary/aromatic N) is 2. The third-order valence-corrected chi connectivity index (χ3v) is 6.77. The predicted molar refractivity (Wildman–Crippen MR) is 143 cm³/mol. The Morgan fingerprint density at radius 3 is 1.68 bits per heavy atom. The predicted octanol–water partition coefficient (Wildman–Crippen LogP) is 9.82. The van der Waals surface area contributed by atoms with Crippen LogP contribution in [0.3, 0.4) is 0 Å². The third kappa shape index (κ3) is 4.88. The number of pyridine rings is 2. The molecule has 0 amide bonds. The summed E-state index contributed by atoms with van der Waals surface area (Å²) in [5, 5.41) is 2.48. The Morgan fingerprint density at radius 2 is 1.07 bits per heavy atom. The van der Waals surface area contributed by atoms with Crippen LogP contribution in [0.25, 0.3) is 55.2 Å². The number of aromatic nitrogens is 2. The van der Waals surface area contributed by atoms with Gasteiger partial charge in [0.1, 0.15) is 0 Å². The van der Waals surface area contributed by atoms with Gasteiger partial charge in [-0.1, -0.05) is 54.6 Å². The highest BCUT2D eigenvalue weighted by atomic mass is 19.4. The summed E-state index contributed by atoms with van der Waals surface area (Å²) in [6.07, 6.45) is -6.32. The standard InChI is InChI=1S/C32H18F6N2/c33-31(34,35)26-15-25(16-27(17-26)32(36,37)38)23-9-7-20-13-22(8-6-21(20)14-23)24-10-11-29(40-18-24)28-5-1-3-19-4-2-12-39-30(19)28/h1-18H. The lowest BCUT2D eigenvalue weighted by Crippen LogP contribution is -2.11. The van der Waals surface area contributed by atoms with E-state index in [1.54, 1.807) is 30.6 Å². The number of hydrogen-bond acceptors (Lipinski definition) is 2. The summed E-state index contributed by atoms with van der Waals surface area (Å²) >= 11 is 0. The van der Waals surface area contributed by atoms with Gasteiger partial charge in [0.25, 0.3) is 0 Å². The number of para-hydroxylation sites is 1. The molecule has 4 aromatic carbocycles. The van der Waals surface area contributed by atoms with Crippen LogP contribution < -0.4 is 0 Å². The Kier molecular flexibility index (Phi) is 6.06. The second-order valence-corrected chi connectivity index (χ2v) is 9.38. The lowest BCUT2D eigenvalue weighted by molar-refractivity contribution is -0.143. The van der Waals surface area contributed by atoms with E-state index in [0.29, 0.717) is 5.39 Å². The van der Waals surface area contributed by atoms with Gasteiger partial charge in [-0.2, -0.15) is 26.3 Å². The highest BCUT2D eigenvalue weighted by Gasteiger charge is 2.37. The van der Waals surface area contributed by atoms with Crippen LogP contribution in [0.2, 0.25) is 0 Å². The van der Waals surface area contributed by atoms with Gasteiger partial charge in [-0.3, -0.25) is 9.97 Å². The fourth-order valence-electron chi connectivity index (χ4n) is 4.76. The lowest BCUT2D eigenvalue weighted by Gasteiger charge is -2.15. The molecule has 2 nitrogen and oxygen atoms in total. The van der Waals surface area contributed by atoms with Crippen molar-refractivity contribution in [2.24, 2.45) is 0 Å². The van der Waals surface area contributed by atoms with Gasteiger partial charge >= 0.3 is 12.4 Å². The average molecular weight is 544 g/mol. The molecular weight excluding hydrogens is 526 g/mol. The number of rotatable bonds is 3. The van der Waals surface area contributed by atoms with Gasteiger partial charge in [0.15, 0.2) is 0 Å². The van der Waals surface area contributed by atoms with Crippen LogP contribution in [0.1, 0.15) is 11.1 Å². The van der Waals surface area contributed by atoms with E-state index >= 15 is 0 Å². The van der Waals surface area contributed by atoms with E-state index in [1.807, 2.05) is 54.6 Å². The zero-order valence-corrected chi connectivity index (χ0v) is 20.6. The first-order valence-corrected chi connectivity index (χ1v) is 12.2. The maximum absolute atomic E-state index is 13.3. The van der Waals surface area contributed by atoms with Crippen LogP contribution in [0.15, 0.2) is 109 Å². The van der Waals surface area contributed by atoms with E-state index in [0.717, 1.165) is 50.8 Å². The van der Waals surface area contributed by atoms with Crippen molar-refractivity contribution in [3.05, 3.63) is 121 Å². The first-order valence-electron chi connectivity index (χ1n) is 12.2. The van der Waals surface area contributed by atoms with Crippen molar-refractivity contribution in [1.82, 2.24) is 9.97 Å². The largest absolute Gasteiger partial charge is 0.416 e. The molecule has 0 saturated heterocycles. The molecule has 0 radical (unpaired) electrons. The second-order valence-electron chi connectivity index (χ2n) is 9.38. The van der Waals surface area contributed by atoms with Crippen molar-refractivity contribution in [2.75, 3.05) is 0 Å². The van der Waals surface area contributed by atoms with Crippen molar-refractivity contribution in [2.45, 2.75) is 12.4 Å². The molecule has 198 valence electrons. The smallest absolute Gasteiger partial charge is 0.256 e. The van der Waals surface area contributed by atoms with E-state index in [9.17, 15) is 26.3 Å². The Bertz CT molecular complexity index is 1840. The monoisotopic (exact) mass is 544 g/mol. The van der Waals surface area contributed by atoms with Gasteiger partial charge in [-0.05, 0) is 69.9 Å². The molecule has 0 atom stereocenters. The number of alkyl halides is 6. The van der Waals surface area contributed by atoms with Crippen LogP contribution in [-0.4, -0.2) is 9.97 Å². The third-order valence-electron chi connectivity index (χ3n) is 6.77. The quantitative estimate of drug-likeness (QED) is 0.207. The van der Waals surface area contributed by atoms with Crippen molar-refractivity contribution in [3.63, 3.8) is 0 Å². The SMILES string of the molecule is FC(F)(F)c1cc(-c2ccc3cc(-c4ccc(-c5cccc6cccnc56)nc4)ccc3c2)cc(C(F)(F)F)c1. The van der Waals surface area contributed by atoms with Gasteiger partial charge < -0.3 is 0 Å². The molecule has 0 unspecified atom stereocenters. The van der Waals surface area contributed by atoms with Gasteiger partial charge in [-0.15, -0.1) is 0 Å². The Hall–Kier alpha value is -4.72. The van der Waals surface area contributed by atoms with Crippen molar-refractivity contribution < 1.29 is 26.3 Å². The average Bonchev–Trinajstić information content (AvgIpc) is 2.95. The number of halogens is 6. The molecule has 0 spiro atoms. The first-order chi connectivity index (χ1) is 19.1. The van der Waals surface area contributed by atoms with Crippen molar-refractivity contribution in [1.29, 1.82) is 0 Å². The van der Waals surface area contributed by atoms with Crippen molar-refractivity contribution >= 4 is 21.7 Å². The Balaban J connectivity index is 1.34. The van der Waals surface area contributed by atoms with Crippen LogP contribution in [0.4, 0.5) is 26.3 Å². The molecule has 2 aromatic heterocycles. The summed E-state index contributed by atoms with van der Waals surface area (Å²) in [6, 6.07) is 25.6. The van der Waals surface area contributed by atoms with Gasteiger partial charge in [0, 0.05) is 28.9 Å². The molecule has 6 aromatic rings. The fourth-order valence-corrected chi connectivity index (χ4v) is 4.76. The molecule has 0 aliphatic rings. The molecule has 0 fully saturated rings. The number of hydrogen-bond donors (Lipinski definition) is 0.